The molecule has 68 valence electrons. The molecule has 0 spiro atoms. The summed E-state index contributed by atoms with van der Waals surface area (Å²) in [5.41, 5.74) is 0.788. The number of ketones is 1. The second-order valence-corrected chi connectivity index (χ2v) is 4.63. The van der Waals surface area contributed by atoms with E-state index >= 15 is 0 Å². The number of Topliss-reactive ketones (excluding diaryl/α,β-unsaturated/α-hetero) is 1. The Labute approximate surface area is 86.5 Å². The summed E-state index contributed by atoms with van der Waals surface area (Å²) in [5.74, 6) is 1.18. The maximum absolute atomic E-state index is 11.7. The fourth-order valence-corrected chi connectivity index (χ4v) is 2.84. The van der Waals surface area contributed by atoms with Crippen LogP contribution in [0.3, 0.4) is 0 Å². The largest absolute Gasteiger partial charge is 0.294 e. The Balaban J connectivity index is 2.55. The number of carbonyl (C=O) groups is 1. The van der Waals surface area contributed by atoms with Gasteiger partial charge in [-0.3, -0.25) is 4.79 Å². The van der Waals surface area contributed by atoms with Gasteiger partial charge >= 0.3 is 0 Å². The van der Waals surface area contributed by atoms with Crippen LogP contribution in [0.1, 0.15) is 17.3 Å². The van der Waals surface area contributed by atoms with Gasteiger partial charge in [0.15, 0.2) is 5.78 Å². The summed E-state index contributed by atoms with van der Waals surface area (Å²) in [5, 5.41) is 0.697. The first kappa shape index (κ1) is 9.10. The summed E-state index contributed by atoms with van der Waals surface area (Å²) < 4.78 is 0. The highest BCUT2D eigenvalue weighted by Gasteiger charge is 2.25. The third kappa shape index (κ3) is 1.49. The Hall–Kier alpha value is -0.470. The Kier molecular flexibility index (Phi) is 2.35. The SMILES string of the molecule is CC1CSc2c(Cl)cccc2C1=O. The van der Waals surface area contributed by atoms with E-state index in [-0.39, 0.29) is 11.7 Å². The van der Waals surface area contributed by atoms with Crippen molar-refractivity contribution in [3.63, 3.8) is 0 Å². The van der Waals surface area contributed by atoms with E-state index < -0.39 is 0 Å². The summed E-state index contributed by atoms with van der Waals surface area (Å²) in [7, 11) is 0. The first-order valence-corrected chi connectivity index (χ1v) is 5.52. The molecule has 1 atom stereocenters. The fourth-order valence-electron chi connectivity index (χ4n) is 1.40. The number of halogens is 1. The van der Waals surface area contributed by atoms with E-state index in [2.05, 4.69) is 0 Å². The van der Waals surface area contributed by atoms with Crippen LogP contribution >= 0.6 is 23.4 Å². The van der Waals surface area contributed by atoms with Gasteiger partial charge in [-0.2, -0.15) is 0 Å². The number of carbonyl (C=O) groups excluding carboxylic acids is 1. The Morgan fingerprint density at radius 2 is 2.31 bits per heavy atom. The number of rotatable bonds is 0. The van der Waals surface area contributed by atoms with Crippen molar-refractivity contribution in [2.45, 2.75) is 11.8 Å². The molecule has 1 unspecified atom stereocenters. The molecular weight excluding hydrogens is 204 g/mol. The molecule has 0 aromatic heterocycles. The van der Waals surface area contributed by atoms with Crippen molar-refractivity contribution in [1.82, 2.24) is 0 Å². The molecule has 13 heavy (non-hydrogen) atoms. The van der Waals surface area contributed by atoms with E-state index in [1.54, 1.807) is 11.8 Å². The highest BCUT2D eigenvalue weighted by molar-refractivity contribution is 7.99. The maximum atomic E-state index is 11.7. The van der Waals surface area contributed by atoms with Crippen molar-refractivity contribution < 1.29 is 4.79 Å². The number of hydrogen-bond donors (Lipinski definition) is 0. The first-order chi connectivity index (χ1) is 6.20. The zero-order valence-corrected chi connectivity index (χ0v) is 8.78. The number of fused-ring (bicyclic) bond motifs is 1. The molecule has 0 aliphatic carbocycles. The van der Waals surface area contributed by atoms with Gasteiger partial charge in [0.1, 0.15) is 0 Å². The molecule has 0 fully saturated rings. The Morgan fingerprint density at radius 1 is 1.54 bits per heavy atom. The maximum Gasteiger partial charge on any atom is 0.167 e. The molecule has 1 nitrogen and oxygen atoms in total. The molecule has 1 aromatic rings. The monoisotopic (exact) mass is 212 g/mol. The van der Waals surface area contributed by atoms with Crippen LogP contribution in [-0.4, -0.2) is 11.5 Å². The van der Waals surface area contributed by atoms with Crippen molar-refractivity contribution in [1.29, 1.82) is 0 Å². The highest BCUT2D eigenvalue weighted by atomic mass is 35.5. The van der Waals surface area contributed by atoms with E-state index in [0.717, 1.165) is 16.2 Å². The second-order valence-electron chi connectivity index (χ2n) is 3.19. The van der Waals surface area contributed by atoms with Crippen molar-refractivity contribution in [3.8, 4) is 0 Å². The lowest BCUT2D eigenvalue weighted by molar-refractivity contribution is 0.0936. The van der Waals surface area contributed by atoms with Crippen LogP contribution < -0.4 is 0 Å². The number of benzene rings is 1. The quantitative estimate of drug-likeness (QED) is 0.657. The Bertz CT molecular complexity index is 362. The van der Waals surface area contributed by atoms with Crippen LogP contribution in [0.5, 0.6) is 0 Å². The lowest BCUT2D eigenvalue weighted by Gasteiger charge is -2.20. The van der Waals surface area contributed by atoms with Gasteiger partial charge < -0.3 is 0 Å². The van der Waals surface area contributed by atoms with Gasteiger partial charge in [-0.05, 0) is 6.07 Å². The summed E-state index contributed by atoms with van der Waals surface area (Å²) in [6, 6.07) is 5.51. The highest BCUT2D eigenvalue weighted by Crippen LogP contribution is 2.37. The Morgan fingerprint density at radius 3 is 3.08 bits per heavy atom. The van der Waals surface area contributed by atoms with E-state index in [9.17, 15) is 4.79 Å². The summed E-state index contributed by atoms with van der Waals surface area (Å²) in [4.78, 5) is 12.6. The summed E-state index contributed by atoms with van der Waals surface area (Å²) in [6.07, 6.45) is 0. The molecule has 1 aromatic carbocycles. The molecule has 0 N–H and O–H groups in total. The number of hydrogen-bond acceptors (Lipinski definition) is 2. The third-order valence-corrected chi connectivity index (χ3v) is 3.98. The molecule has 0 bridgehead atoms. The standard InChI is InChI=1S/C10H9ClOS/c1-6-5-13-10-7(9(6)12)3-2-4-8(10)11/h2-4,6H,5H2,1H3. The number of thioether (sulfide) groups is 1. The average molecular weight is 213 g/mol. The van der Waals surface area contributed by atoms with E-state index in [4.69, 9.17) is 11.6 Å². The first-order valence-electron chi connectivity index (χ1n) is 4.15. The predicted molar refractivity (Wildman–Crippen MR) is 55.7 cm³/mol. The van der Waals surface area contributed by atoms with Crippen molar-refractivity contribution >= 4 is 29.1 Å². The molecule has 3 heteroatoms. The molecule has 2 rings (SSSR count). The smallest absolute Gasteiger partial charge is 0.167 e. The average Bonchev–Trinajstić information content (AvgIpc) is 2.12. The van der Waals surface area contributed by atoms with E-state index in [1.165, 1.54) is 0 Å². The van der Waals surface area contributed by atoms with Crippen LogP contribution in [0.25, 0.3) is 0 Å². The van der Waals surface area contributed by atoms with Gasteiger partial charge in [0.05, 0.1) is 5.02 Å². The van der Waals surface area contributed by atoms with Crippen LogP contribution in [0.15, 0.2) is 23.1 Å². The van der Waals surface area contributed by atoms with E-state index in [0.29, 0.717) is 5.02 Å². The molecule has 1 aliphatic rings. The summed E-state index contributed by atoms with van der Waals surface area (Å²) in [6.45, 7) is 1.96. The molecule has 0 saturated carbocycles. The van der Waals surface area contributed by atoms with Crippen molar-refractivity contribution in [3.05, 3.63) is 28.8 Å². The fraction of sp³-hybridized carbons (Fsp3) is 0.300. The zero-order chi connectivity index (χ0) is 9.42. The normalized spacial score (nSPS) is 21.4. The molecule has 0 radical (unpaired) electrons. The molecular formula is C10H9ClOS. The summed E-state index contributed by atoms with van der Waals surface area (Å²) >= 11 is 7.66. The van der Waals surface area contributed by atoms with Gasteiger partial charge in [-0.25, -0.2) is 0 Å². The topological polar surface area (TPSA) is 17.1 Å². The van der Waals surface area contributed by atoms with Gasteiger partial charge in [-0.1, -0.05) is 30.7 Å². The van der Waals surface area contributed by atoms with Crippen LogP contribution in [0.2, 0.25) is 5.02 Å². The van der Waals surface area contributed by atoms with Gasteiger partial charge in [-0.15, -0.1) is 11.8 Å². The lowest BCUT2D eigenvalue weighted by Crippen LogP contribution is -2.19. The zero-order valence-electron chi connectivity index (χ0n) is 7.21. The predicted octanol–water partition coefficient (Wildman–Crippen LogP) is 3.26. The van der Waals surface area contributed by atoms with Gasteiger partial charge in [0.2, 0.25) is 0 Å². The molecule has 1 aliphatic heterocycles. The minimum absolute atomic E-state index is 0.121. The minimum atomic E-state index is 0.121. The van der Waals surface area contributed by atoms with Crippen molar-refractivity contribution in [2.24, 2.45) is 5.92 Å². The van der Waals surface area contributed by atoms with Gasteiger partial charge in [0.25, 0.3) is 0 Å². The second kappa shape index (κ2) is 3.35. The van der Waals surface area contributed by atoms with Crippen LogP contribution in [0.4, 0.5) is 0 Å². The lowest BCUT2D eigenvalue weighted by atomic mass is 10.0. The van der Waals surface area contributed by atoms with Crippen LogP contribution in [-0.2, 0) is 0 Å². The van der Waals surface area contributed by atoms with Gasteiger partial charge in [0, 0.05) is 22.1 Å². The van der Waals surface area contributed by atoms with Crippen molar-refractivity contribution in [2.75, 3.05) is 5.75 Å². The molecule has 0 amide bonds. The molecule has 1 heterocycles. The van der Waals surface area contributed by atoms with Crippen LogP contribution in [0, 0.1) is 5.92 Å². The molecule has 0 saturated heterocycles. The van der Waals surface area contributed by atoms with E-state index in [1.807, 2.05) is 25.1 Å². The third-order valence-electron chi connectivity index (χ3n) is 2.16. The minimum Gasteiger partial charge on any atom is -0.294 e.